The van der Waals surface area contributed by atoms with Crippen LogP contribution >= 0.6 is 0 Å². The lowest BCUT2D eigenvalue weighted by molar-refractivity contribution is 0.0381. The van der Waals surface area contributed by atoms with Crippen molar-refractivity contribution in [2.45, 2.75) is 19.4 Å². The molecule has 0 aliphatic carbocycles. The first kappa shape index (κ1) is 17.2. The highest BCUT2D eigenvalue weighted by atomic mass is 16.3. The van der Waals surface area contributed by atoms with Crippen molar-refractivity contribution in [2.75, 3.05) is 32.8 Å². The van der Waals surface area contributed by atoms with Gasteiger partial charge in [0, 0.05) is 45.2 Å². The van der Waals surface area contributed by atoms with E-state index in [0.29, 0.717) is 18.8 Å². The summed E-state index contributed by atoms with van der Waals surface area (Å²) < 4.78 is 5.14. The van der Waals surface area contributed by atoms with Crippen molar-refractivity contribution in [1.82, 2.24) is 14.8 Å². The van der Waals surface area contributed by atoms with E-state index in [1.807, 2.05) is 11.0 Å². The van der Waals surface area contributed by atoms with Crippen LogP contribution in [-0.4, -0.2) is 58.6 Å². The van der Waals surface area contributed by atoms with Gasteiger partial charge >= 0.3 is 0 Å². The molecule has 1 aromatic heterocycles. The number of likely N-dealkylation sites (tertiary alicyclic amines) is 2. The van der Waals surface area contributed by atoms with Gasteiger partial charge in [0.15, 0.2) is 6.39 Å². The summed E-state index contributed by atoms with van der Waals surface area (Å²) in [6.07, 6.45) is 4.60. The largest absolute Gasteiger partial charge is 0.438 e. The highest BCUT2D eigenvalue weighted by Gasteiger charge is 2.48. The Labute approximate surface area is 153 Å². The highest BCUT2D eigenvalue weighted by molar-refractivity contribution is 5.91. The Hall–Kier alpha value is -2.18. The number of carbonyl (C=O) groups excluding carboxylic acids is 1. The van der Waals surface area contributed by atoms with Crippen molar-refractivity contribution in [3.05, 3.63) is 54.2 Å². The van der Waals surface area contributed by atoms with Gasteiger partial charge in [-0.2, -0.15) is 0 Å². The molecule has 1 N–H and O–H groups in total. The van der Waals surface area contributed by atoms with Gasteiger partial charge in [-0.25, -0.2) is 4.98 Å². The molecule has 1 spiro atoms. The zero-order chi connectivity index (χ0) is 18.0. The van der Waals surface area contributed by atoms with Crippen molar-refractivity contribution in [1.29, 1.82) is 0 Å². The summed E-state index contributed by atoms with van der Waals surface area (Å²) in [7, 11) is 0. The van der Waals surface area contributed by atoms with E-state index in [2.05, 4.69) is 34.1 Å². The summed E-state index contributed by atoms with van der Waals surface area (Å²) in [4.78, 5) is 20.6. The summed E-state index contributed by atoms with van der Waals surface area (Å²) in [5.74, 6) is 0.488. The normalized spacial score (nSPS) is 22.8. The quantitative estimate of drug-likeness (QED) is 0.909. The maximum atomic E-state index is 12.5. The molecule has 2 aromatic rings. The molecule has 26 heavy (non-hydrogen) atoms. The molecular weight excluding hydrogens is 330 g/mol. The molecule has 1 unspecified atom stereocenters. The Morgan fingerprint density at radius 1 is 1.27 bits per heavy atom. The molecule has 4 rings (SSSR count). The van der Waals surface area contributed by atoms with Crippen LogP contribution in [0.4, 0.5) is 0 Å². The van der Waals surface area contributed by atoms with E-state index in [1.165, 1.54) is 18.2 Å². The number of rotatable bonds is 4. The number of benzene rings is 1. The zero-order valence-corrected chi connectivity index (χ0v) is 14.9. The van der Waals surface area contributed by atoms with Crippen molar-refractivity contribution in [3.8, 4) is 0 Å². The van der Waals surface area contributed by atoms with E-state index < -0.39 is 0 Å². The number of hydrogen-bond acceptors (Lipinski definition) is 5. The molecule has 138 valence electrons. The number of oxazole rings is 1. The van der Waals surface area contributed by atoms with Gasteiger partial charge in [0.2, 0.25) is 5.76 Å². The van der Waals surface area contributed by atoms with Crippen LogP contribution in [0.5, 0.6) is 0 Å². The Morgan fingerprint density at radius 2 is 2.04 bits per heavy atom. The first-order chi connectivity index (χ1) is 12.7. The van der Waals surface area contributed by atoms with Gasteiger partial charge in [-0.05, 0) is 23.8 Å². The minimum Gasteiger partial charge on any atom is -0.438 e. The lowest BCUT2D eigenvalue weighted by Crippen LogP contribution is -2.47. The maximum Gasteiger partial charge on any atom is 0.291 e. The van der Waals surface area contributed by atoms with E-state index in [0.717, 1.165) is 32.5 Å². The third kappa shape index (κ3) is 3.27. The fourth-order valence-electron chi connectivity index (χ4n) is 4.56. The van der Waals surface area contributed by atoms with Crippen molar-refractivity contribution in [3.63, 3.8) is 0 Å². The number of aliphatic hydroxyl groups is 1. The molecule has 2 saturated heterocycles. The summed E-state index contributed by atoms with van der Waals surface area (Å²) >= 11 is 0. The third-order valence-corrected chi connectivity index (χ3v) is 6.04. The second-order valence-corrected chi connectivity index (χ2v) is 7.55. The molecule has 1 aromatic carbocycles. The molecule has 2 aliphatic rings. The van der Waals surface area contributed by atoms with Crippen molar-refractivity contribution < 1.29 is 14.3 Å². The van der Waals surface area contributed by atoms with Crippen LogP contribution in [0.3, 0.4) is 0 Å². The van der Waals surface area contributed by atoms with E-state index in [9.17, 15) is 9.90 Å². The summed E-state index contributed by atoms with van der Waals surface area (Å²) in [6.45, 7) is 4.43. The average molecular weight is 355 g/mol. The minimum absolute atomic E-state index is 0.0861. The molecule has 0 saturated carbocycles. The molecule has 1 atom stereocenters. The van der Waals surface area contributed by atoms with Gasteiger partial charge in [-0.3, -0.25) is 9.69 Å². The Kier molecular flexibility index (Phi) is 4.78. The second-order valence-electron chi connectivity index (χ2n) is 7.55. The molecule has 2 fully saturated rings. The number of nitrogens with zero attached hydrogens (tertiary/aromatic N) is 3. The van der Waals surface area contributed by atoms with Crippen LogP contribution in [0.2, 0.25) is 0 Å². The first-order valence-electron chi connectivity index (χ1n) is 9.25. The highest BCUT2D eigenvalue weighted by Crippen LogP contribution is 2.45. The van der Waals surface area contributed by atoms with E-state index in [4.69, 9.17) is 4.42 Å². The van der Waals surface area contributed by atoms with Gasteiger partial charge in [-0.1, -0.05) is 30.3 Å². The molecular formula is C20H25N3O3. The number of piperidine rings is 1. The van der Waals surface area contributed by atoms with Crippen LogP contribution in [0.1, 0.15) is 29.0 Å². The molecule has 3 heterocycles. The average Bonchev–Trinajstić information content (AvgIpc) is 3.31. The lowest BCUT2D eigenvalue weighted by Gasteiger charge is -2.42. The van der Waals surface area contributed by atoms with Crippen molar-refractivity contribution in [2.24, 2.45) is 11.3 Å². The van der Waals surface area contributed by atoms with Gasteiger partial charge in [0.05, 0.1) is 6.20 Å². The number of amides is 1. The van der Waals surface area contributed by atoms with Gasteiger partial charge in [-0.15, -0.1) is 0 Å². The maximum absolute atomic E-state index is 12.5. The van der Waals surface area contributed by atoms with E-state index >= 15 is 0 Å². The summed E-state index contributed by atoms with van der Waals surface area (Å²) in [5.41, 5.74) is 1.40. The predicted molar refractivity (Wildman–Crippen MR) is 96.4 cm³/mol. The fourth-order valence-corrected chi connectivity index (χ4v) is 4.56. The standard InChI is InChI=1S/C20H25N3O3/c24-13-17-12-22(11-16-4-2-1-3-5-16)14-20(17)6-8-23(9-7-20)19(25)18-10-21-15-26-18/h1-5,10,15,17,24H,6-9,11-14H2. The van der Waals surface area contributed by atoms with Gasteiger partial charge in [0.25, 0.3) is 5.91 Å². The molecule has 6 heteroatoms. The van der Waals surface area contributed by atoms with Crippen molar-refractivity contribution >= 4 is 5.91 Å². The van der Waals surface area contributed by atoms with E-state index in [-0.39, 0.29) is 23.8 Å². The van der Waals surface area contributed by atoms with Crippen LogP contribution < -0.4 is 0 Å². The first-order valence-corrected chi connectivity index (χ1v) is 9.25. The van der Waals surface area contributed by atoms with Gasteiger partial charge in [0.1, 0.15) is 0 Å². The number of aromatic nitrogens is 1. The SMILES string of the molecule is O=C(c1cnco1)N1CCC2(CC1)CN(Cc1ccccc1)CC2CO. The Morgan fingerprint density at radius 3 is 2.69 bits per heavy atom. The lowest BCUT2D eigenvalue weighted by atomic mass is 9.71. The third-order valence-electron chi connectivity index (χ3n) is 6.04. The minimum atomic E-state index is -0.0861. The zero-order valence-electron chi connectivity index (χ0n) is 14.9. The monoisotopic (exact) mass is 355 g/mol. The smallest absolute Gasteiger partial charge is 0.291 e. The molecule has 1 amide bonds. The van der Waals surface area contributed by atoms with Gasteiger partial charge < -0.3 is 14.4 Å². The summed E-state index contributed by atoms with van der Waals surface area (Å²) in [6, 6.07) is 10.5. The predicted octanol–water partition coefficient (Wildman–Crippen LogP) is 2.02. The number of aliphatic hydroxyl groups excluding tert-OH is 1. The number of carbonyl (C=O) groups is 1. The molecule has 6 nitrogen and oxygen atoms in total. The van der Waals surface area contributed by atoms with Crippen LogP contribution in [0, 0.1) is 11.3 Å². The molecule has 0 bridgehead atoms. The molecule has 0 radical (unpaired) electrons. The van der Waals surface area contributed by atoms with E-state index in [1.54, 1.807) is 0 Å². The summed E-state index contributed by atoms with van der Waals surface area (Å²) in [5, 5.41) is 9.96. The Balaban J connectivity index is 1.41. The van der Waals surface area contributed by atoms with Crippen LogP contribution in [-0.2, 0) is 6.54 Å². The molecule has 2 aliphatic heterocycles. The Bertz CT molecular complexity index is 724. The second kappa shape index (κ2) is 7.21. The number of hydrogen-bond donors (Lipinski definition) is 1. The van der Waals surface area contributed by atoms with Crippen LogP contribution in [0.15, 0.2) is 47.3 Å². The van der Waals surface area contributed by atoms with Crippen LogP contribution in [0.25, 0.3) is 0 Å². The topological polar surface area (TPSA) is 69.8 Å². The fraction of sp³-hybridized carbons (Fsp3) is 0.500.